The molecule has 15 heavy (non-hydrogen) atoms. The average molecular weight is 229 g/mol. The Balaban J connectivity index is 2.77. The summed E-state index contributed by atoms with van der Waals surface area (Å²) in [4.78, 5) is 18.7. The van der Waals surface area contributed by atoms with Crippen LogP contribution in [0.4, 0.5) is 5.82 Å². The summed E-state index contributed by atoms with van der Waals surface area (Å²) in [5, 5.41) is 3.28. The molecule has 1 aromatic heterocycles. The molecule has 0 saturated heterocycles. The van der Waals surface area contributed by atoms with Crippen LogP contribution in [0.5, 0.6) is 0 Å². The van der Waals surface area contributed by atoms with E-state index in [0.717, 1.165) is 0 Å². The van der Waals surface area contributed by atoms with E-state index in [2.05, 4.69) is 15.3 Å². The van der Waals surface area contributed by atoms with Crippen molar-refractivity contribution in [3.8, 4) is 0 Å². The molecule has 0 aliphatic carbocycles. The fourth-order valence-corrected chi connectivity index (χ4v) is 1.36. The van der Waals surface area contributed by atoms with Gasteiger partial charge in [0.1, 0.15) is 0 Å². The fraction of sp³-hybridized carbons (Fsp3) is 0.444. The Hall–Kier alpha value is -1.36. The molecule has 1 heterocycles. The maximum atomic E-state index is 10.8. The standard InChI is InChI=1S/C9H13ClN4O/c1-9(2,5-6(11)15)14-8-7(10)12-3-4-13-8/h3-4H,5H2,1-2H3,(H2,11,15)(H,13,14). The highest BCUT2D eigenvalue weighted by molar-refractivity contribution is 6.31. The molecule has 1 rings (SSSR count). The first-order valence-corrected chi connectivity index (χ1v) is 4.81. The third-order valence-corrected chi connectivity index (χ3v) is 2.00. The Kier molecular flexibility index (Phi) is 3.47. The fourth-order valence-electron chi connectivity index (χ4n) is 1.21. The van der Waals surface area contributed by atoms with Gasteiger partial charge in [-0.25, -0.2) is 9.97 Å². The molecule has 0 saturated carbocycles. The van der Waals surface area contributed by atoms with E-state index < -0.39 is 5.54 Å². The molecule has 0 aliphatic rings. The molecule has 1 amide bonds. The molecule has 82 valence electrons. The Morgan fingerprint density at radius 1 is 1.53 bits per heavy atom. The van der Waals surface area contributed by atoms with E-state index in [9.17, 15) is 4.79 Å². The highest BCUT2D eigenvalue weighted by atomic mass is 35.5. The van der Waals surface area contributed by atoms with E-state index >= 15 is 0 Å². The van der Waals surface area contributed by atoms with Crippen molar-refractivity contribution < 1.29 is 4.79 Å². The molecule has 0 bridgehead atoms. The minimum absolute atomic E-state index is 0.194. The smallest absolute Gasteiger partial charge is 0.219 e. The predicted octanol–water partition coefficient (Wildman–Crippen LogP) is 1.20. The number of nitrogens with one attached hydrogen (secondary N) is 1. The maximum Gasteiger partial charge on any atom is 0.219 e. The van der Waals surface area contributed by atoms with Crippen LogP contribution in [0.3, 0.4) is 0 Å². The van der Waals surface area contributed by atoms with E-state index in [-0.39, 0.29) is 17.5 Å². The summed E-state index contributed by atoms with van der Waals surface area (Å²) in [5.41, 5.74) is 4.63. The molecule has 6 heteroatoms. The molecule has 0 spiro atoms. The van der Waals surface area contributed by atoms with E-state index in [1.165, 1.54) is 12.4 Å². The zero-order valence-corrected chi connectivity index (χ0v) is 9.38. The van der Waals surface area contributed by atoms with Crippen molar-refractivity contribution >= 4 is 23.3 Å². The van der Waals surface area contributed by atoms with Crippen LogP contribution in [0.2, 0.25) is 5.15 Å². The molecule has 0 unspecified atom stereocenters. The Morgan fingerprint density at radius 3 is 2.67 bits per heavy atom. The third-order valence-electron chi connectivity index (χ3n) is 1.73. The third kappa shape index (κ3) is 3.71. The van der Waals surface area contributed by atoms with Crippen LogP contribution in [0, 0.1) is 0 Å². The minimum Gasteiger partial charge on any atom is -0.370 e. The van der Waals surface area contributed by atoms with Crippen LogP contribution in [-0.2, 0) is 4.79 Å². The molecular formula is C9H13ClN4O. The number of halogens is 1. The molecule has 0 fully saturated rings. The number of carbonyl (C=O) groups is 1. The van der Waals surface area contributed by atoms with E-state index in [0.29, 0.717) is 5.82 Å². The summed E-state index contributed by atoms with van der Waals surface area (Å²) < 4.78 is 0. The normalized spacial score (nSPS) is 11.1. The van der Waals surface area contributed by atoms with Crippen molar-refractivity contribution in [1.82, 2.24) is 9.97 Å². The summed E-state index contributed by atoms with van der Waals surface area (Å²) in [7, 11) is 0. The summed E-state index contributed by atoms with van der Waals surface area (Å²) in [5.74, 6) is 0.0675. The van der Waals surface area contributed by atoms with Gasteiger partial charge in [0.15, 0.2) is 11.0 Å². The predicted molar refractivity (Wildman–Crippen MR) is 58.6 cm³/mol. The monoisotopic (exact) mass is 228 g/mol. The zero-order chi connectivity index (χ0) is 11.5. The summed E-state index contributed by atoms with van der Waals surface area (Å²) >= 11 is 5.81. The van der Waals surface area contributed by atoms with Crippen LogP contribution in [0.25, 0.3) is 0 Å². The Labute approximate surface area is 93.0 Å². The van der Waals surface area contributed by atoms with Crippen molar-refractivity contribution in [3.05, 3.63) is 17.5 Å². The largest absolute Gasteiger partial charge is 0.370 e. The van der Waals surface area contributed by atoms with Gasteiger partial charge < -0.3 is 11.1 Å². The second-order valence-corrected chi connectivity index (χ2v) is 4.21. The Bertz CT molecular complexity index is 367. The molecule has 1 aromatic rings. The van der Waals surface area contributed by atoms with Crippen molar-refractivity contribution in [2.24, 2.45) is 5.73 Å². The Morgan fingerprint density at radius 2 is 2.13 bits per heavy atom. The van der Waals surface area contributed by atoms with Crippen LogP contribution < -0.4 is 11.1 Å². The number of anilines is 1. The highest BCUT2D eigenvalue weighted by Crippen LogP contribution is 2.21. The van der Waals surface area contributed by atoms with Crippen molar-refractivity contribution in [2.75, 3.05) is 5.32 Å². The molecule has 5 nitrogen and oxygen atoms in total. The lowest BCUT2D eigenvalue weighted by molar-refractivity contribution is -0.118. The van der Waals surface area contributed by atoms with E-state index in [4.69, 9.17) is 17.3 Å². The second kappa shape index (κ2) is 4.44. The second-order valence-electron chi connectivity index (χ2n) is 3.85. The first-order valence-electron chi connectivity index (χ1n) is 4.44. The van der Waals surface area contributed by atoms with E-state index in [1.54, 1.807) is 0 Å². The molecule has 0 radical (unpaired) electrons. The lowest BCUT2D eigenvalue weighted by Crippen LogP contribution is -2.36. The lowest BCUT2D eigenvalue weighted by Gasteiger charge is -2.25. The SMILES string of the molecule is CC(C)(CC(N)=O)Nc1nccnc1Cl. The maximum absolute atomic E-state index is 10.8. The first kappa shape index (κ1) is 11.7. The van der Waals surface area contributed by atoms with Gasteiger partial charge in [0.2, 0.25) is 5.91 Å². The van der Waals surface area contributed by atoms with Crippen molar-refractivity contribution in [3.63, 3.8) is 0 Å². The topological polar surface area (TPSA) is 80.9 Å². The van der Waals surface area contributed by atoms with Crippen LogP contribution >= 0.6 is 11.6 Å². The molecular weight excluding hydrogens is 216 g/mol. The van der Waals surface area contributed by atoms with Gasteiger partial charge >= 0.3 is 0 Å². The highest BCUT2D eigenvalue weighted by Gasteiger charge is 2.21. The number of rotatable bonds is 4. The summed E-state index contributed by atoms with van der Waals surface area (Å²) in [6.45, 7) is 3.67. The molecule has 0 atom stereocenters. The average Bonchev–Trinajstić information content (AvgIpc) is 2.06. The lowest BCUT2D eigenvalue weighted by atomic mass is 10.0. The molecule has 0 aliphatic heterocycles. The minimum atomic E-state index is -0.495. The number of nitrogens with two attached hydrogens (primary N) is 1. The van der Waals surface area contributed by atoms with Crippen LogP contribution in [0.15, 0.2) is 12.4 Å². The quantitative estimate of drug-likeness (QED) is 0.811. The summed E-state index contributed by atoms with van der Waals surface area (Å²) in [6, 6.07) is 0. The van der Waals surface area contributed by atoms with Gasteiger partial charge in [0.05, 0.1) is 0 Å². The zero-order valence-electron chi connectivity index (χ0n) is 8.62. The van der Waals surface area contributed by atoms with Crippen molar-refractivity contribution in [2.45, 2.75) is 25.8 Å². The van der Waals surface area contributed by atoms with E-state index in [1.807, 2.05) is 13.8 Å². The van der Waals surface area contributed by atoms with Crippen LogP contribution in [-0.4, -0.2) is 21.4 Å². The van der Waals surface area contributed by atoms with Gasteiger partial charge in [0.25, 0.3) is 0 Å². The number of amides is 1. The number of nitrogens with zero attached hydrogens (tertiary/aromatic N) is 2. The molecule has 3 N–H and O–H groups in total. The van der Waals surface area contributed by atoms with Crippen LogP contribution in [0.1, 0.15) is 20.3 Å². The molecule has 0 aromatic carbocycles. The van der Waals surface area contributed by atoms with Gasteiger partial charge in [-0.2, -0.15) is 0 Å². The van der Waals surface area contributed by atoms with Gasteiger partial charge in [-0.1, -0.05) is 11.6 Å². The number of primary amides is 1. The number of aromatic nitrogens is 2. The number of hydrogen-bond donors (Lipinski definition) is 2. The summed E-state index contributed by atoms with van der Waals surface area (Å²) in [6.07, 6.45) is 3.21. The van der Waals surface area contributed by atoms with Gasteiger partial charge in [0, 0.05) is 24.4 Å². The van der Waals surface area contributed by atoms with Gasteiger partial charge in [-0.15, -0.1) is 0 Å². The van der Waals surface area contributed by atoms with Gasteiger partial charge in [-0.3, -0.25) is 4.79 Å². The van der Waals surface area contributed by atoms with Crippen molar-refractivity contribution in [1.29, 1.82) is 0 Å². The van der Waals surface area contributed by atoms with Gasteiger partial charge in [-0.05, 0) is 13.8 Å². The number of hydrogen-bond acceptors (Lipinski definition) is 4. The first-order chi connectivity index (χ1) is 6.91. The number of carbonyl (C=O) groups excluding carboxylic acids is 1.